The van der Waals surface area contributed by atoms with E-state index in [1.165, 1.54) is 24.8 Å². The van der Waals surface area contributed by atoms with Crippen LogP contribution in [-0.2, 0) is 0 Å². The number of hydrogen-bond acceptors (Lipinski definition) is 3. The van der Waals surface area contributed by atoms with Gasteiger partial charge < -0.3 is 4.74 Å². The number of para-hydroxylation sites is 1. The van der Waals surface area contributed by atoms with E-state index < -0.39 is 0 Å². The van der Waals surface area contributed by atoms with Crippen LogP contribution in [0.25, 0.3) is 0 Å². The summed E-state index contributed by atoms with van der Waals surface area (Å²) in [6.45, 7) is 0. The SMILES string of the molecule is Clc1ccc(C2=NN3[C@@H](C2)c2ccccc2OC32CCCCC2)cc1. The third kappa shape index (κ3) is 2.44. The second-order valence-corrected chi connectivity index (χ2v) is 7.70. The van der Waals surface area contributed by atoms with E-state index in [1.807, 2.05) is 12.1 Å². The van der Waals surface area contributed by atoms with Gasteiger partial charge in [0, 0.05) is 29.8 Å². The monoisotopic (exact) mass is 352 g/mol. The number of benzene rings is 2. The van der Waals surface area contributed by atoms with Gasteiger partial charge in [-0.1, -0.05) is 48.4 Å². The second kappa shape index (κ2) is 5.77. The molecule has 2 aliphatic heterocycles. The first-order valence-electron chi connectivity index (χ1n) is 9.16. The van der Waals surface area contributed by atoms with Gasteiger partial charge in [0.1, 0.15) is 5.75 Å². The first-order chi connectivity index (χ1) is 12.3. The molecule has 0 bridgehead atoms. The third-order valence-corrected chi connectivity index (χ3v) is 5.97. The molecule has 0 unspecified atom stereocenters. The normalized spacial score (nSPS) is 23.6. The molecule has 2 heterocycles. The molecular weight excluding hydrogens is 332 g/mol. The minimum atomic E-state index is -0.272. The predicted octanol–water partition coefficient (Wildman–Crippen LogP) is 5.54. The van der Waals surface area contributed by atoms with Crippen molar-refractivity contribution < 1.29 is 4.74 Å². The number of halogens is 1. The minimum Gasteiger partial charge on any atom is -0.466 e. The molecule has 128 valence electrons. The van der Waals surface area contributed by atoms with Crippen LogP contribution in [0.4, 0.5) is 0 Å². The molecule has 2 aromatic carbocycles. The Kier molecular flexibility index (Phi) is 3.53. The quantitative estimate of drug-likeness (QED) is 0.672. The molecule has 5 rings (SSSR count). The lowest BCUT2D eigenvalue weighted by atomic mass is 9.86. The Morgan fingerprint density at radius 3 is 2.56 bits per heavy atom. The predicted molar refractivity (Wildman–Crippen MR) is 100 cm³/mol. The van der Waals surface area contributed by atoms with Crippen molar-refractivity contribution in [1.29, 1.82) is 0 Å². The van der Waals surface area contributed by atoms with Gasteiger partial charge in [0.2, 0.25) is 0 Å². The zero-order valence-electron chi connectivity index (χ0n) is 14.1. The van der Waals surface area contributed by atoms with Crippen molar-refractivity contribution in [3.8, 4) is 5.75 Å². The van der Waals surface area contributed by atoms with Crippen molar-refractivity contribution in [2.45, 2.75) is 50.3 Å². The molecule has 3 nitrogen and oxygen atoms in total. The van der Waals surface area contributed by atoms with Gasteiger partial charge in [-0.3, -0.25) is 0 Å². The molecule has 25 heavy (non-hydrogen) atoms. The second-order valence-electron chi connectivity index (χ2n) is 7.26. The fourth-order valence-electron chi connectivity index (χ4n) is 4.48. The lowest BCUT2D eigenvalue weighted by Gasteiger charge is -2.49. The van der Waals surface area contributed by atoms with E-state index in [2.05, 4.69) is 41.4 Å². The number of rotatable bonds is 1. The summed E-state index contributed by atoms with van der Waals surface area (Å²) in [6.07, 6.45) is 6.72. The molecule has 1 spiro atoms. The maximum absolute atomic E-state index is 6.58. The van der Waals surface area contributed by atoms with Gasteiger partial charge in [0.25, 0.3) is 0 Å². The van der Waals surface area contributed by atoms with Crippen molar-refractivity contribution in [2.24, 2.45) is 5.10 Å². The number of nitrogens with zero attached hydrogens (tertiary/aromatic N) is 2. The van der Waals surface area contributed by atoms with E-state index in [9.17, 15) is 0 Å². The van der Waals surface area contributed by atoms with Gasteiger partial charge in [-0.15, -0.1) is 0 Å². The summed E-state index contributed by atoms with van der Waals surface area (Å²) in [5, 5.41) is 8.11. The number of fused-ring (bicyclic) bond motifs is 4. The molecule has 1 aliphatic carbocycles. The van der Waals surface area contributed by atoms with Crippen LogP contribution in [0.3, 0.4) is 0 Å². The summed E-state index contributed by atoms with van der Waals surface area (Å²) in [6, 6.07) is 16.8. The molecule has 0 saturated heterocycles. The van der Waals surface area contributed by atoms with Gasteiger partial charge in [-0.25, -0.2) is 5.01 Å². The van der Waals surface area contributed by atoms with E-state index in [4.69, 9.17) is 21.4 Å². The fraction of sp³-hybridized carbons (Fsp3) is 0.381. The molecule has 2 aromatic rings. The van der Waals surface area contributed by atoms with Crippen LogP contribution in [0.1, 0.15) is 55.7 Å². The van der Waals surface area contributed by atoms with Crippen LogP contribution in [-0.4, -0.2) is 16.4 Å². The lowest BCUT2D eigenvalue weighted by Crippen LogP contribution is -2.54. The van der Waals surface area contributed by atoms with Crippen molar-refractivity contribution >= 4 is 17.3 Å². The first-order valence-corrected chi connectivity index (χ1v) is 9.54. The van der Waals surface area contributed by atoms with Crippen LogP contribution in [0.15, 0.2) is 53.6 Å². The summed E-state index contributed by atoms with van der Waals surface area (Å²) in [5.41, 5.74) is 3.27. The topological polar surface area (TPSA) is 24.8 Å². The Morgan fingerprint density at radius 1 is 1.00 bits per heavy atom. The molecule has 0 radical (unpaired) electrons. The summed E-state index contributed by atoms with van der Waals surface area (Å²) < 4.78 is 6.58. The van der Waals surface area contributed by atoms with Crippen LogP contribution in [0.2, 0.25) is 5.02 Å². The van der Waals surface area contributed by atoms with E-state index >= 15 is 0 Å². The minimum absolute atomic E-state index is 0.272. The number of ether oxygens (including phenoxy) is 1. The Bertz CT molecular complexity index is 824. The summed E-state index contributed by atoms with van der Waals surface area (Å²) in [5.74, 6) is 1.04. The Hall–Kier alpha value is -2.00. The first kappa shape index (κ1) is 15.3. The third-order valence-electron chi connectivity index (χ3n) is 5.72. The maximum atomic E-state index is 6.58. The smallest absolute Gasteiger partial charge is 0.198 e. The van der Waals surface area contributed by atoms with Gasteiger partial charge in [-0.05, 0) is 36.6 Å². The van der Waals surface area contributed by atoms with Crippen LogP contribution in [0.5, 0.6) is 5.75 Å². The number of hydrazone groups is 1. The molecule has 1 fully saturated rings. The molecule has 0 N–H and O–H groups in total. The standard InChI is InChI=1S/C21H21ClN2O/c22-16-10-8-15(9-11-16)18-14-19-17-6-2-3-7-20(17)25-21(24(19)23-18)12-4-1-5-13-21/h2-3,6-11,19H,1,4-5,12-14H2/t19-/m0/s1. The van der Waals surface area contributed by atoms with Crippen molar-refractivity contribution in [1.82, 2.24) is 5.01 Å². The van der Waals surface area contributed by atoms with Crippen molar-refractivity contribution in [3.63, 3.8) is 0 Å². The summed E-state index contributed by atoms with van der Waals surface area (Å²) >= 11 is 6.05. The largest absolute Gasteiger partial charge is 0.466 e. The highest BCUT2D eigenvalue weighted by atomic mass is 35.5. The molecular formula is C21H21ClN2O. The van der Waals surface area contributed by atoms with E-state index in [0.717, 1.165) is 41.3 Å². The summed E-state index contributed by atoms with van der Waals surface area (Å²) in [4.78, 5) is 0. The zero-order chi connectivity index (χ0) is 16.9. The van der Waals surface area contributed by atoms with Gasteiger partial charge in [-0.2, -0.15) is 5.10 Å². The van der Waals surface area contributed by atoms with Gasteiger partial charge in [0.15, 0.2) is 5.72 Å². The van der Waals surface area contributed by atoms with Crippen molar-refractivity contribution in [3.05, 3.63) is 64.7 Å². The molecule has 4 heteroatoms. The van der Waals surface area contributed by atoms with E-state index in [-0.39, 0.29) is 11.8 Å². The van der Waals surface area contributed by atoms with Crippen LogP contribution < -0.4 is 4.74 Å². The van der Waals surface area contributed by atoms with Crippen molar-refractivity contribution in [2.75, 3.05) is 0 Å². The highest BCUT2D eigenvalue weighted by molar-refractivity contribution is 6.30. The lowest BCUT2D eigenvalue weighted by molar-refractivity contribution is -0.140. The molecule has 1 saturated carbocycles. The molecule has 0 amide bonds. The maximum Gasteiger partial charge on any atom is 0.198 e. The summed E-state index contributed by atoms with van der Waals surface area (Å²) in [7, 11) is 0. The average Bonchev–Trinajstić information content (AvgIpc) is 3.10. The van der Waals surface area contributed by atoms with Crippen LogP contribution >= 0.6 is 11.6 Å². The zero-order valence-corrected chi connectivity index (χ0v) is 14.9. The highest BCUT2D eigenvalue weighted by Crippen LogP contribution is 2.51. The Balaban J connectivity index is 1.59. The Labute approximate surface area is 153 Å². The molecule has 1 atom stereocenters. The highest BCUT2D eigenvalue weighted by Gasteiger charge is 2.50. The molecule has 0 aromatic heterocycles. The Morgan fingerprint density at radius 2 is 1.76 bits per heavy atom. The van der Waals surface area contributed by atoms with Crippen LogP contribution in [0, 0.1) is 0 Å². The average molecular weight is 353 g/mol. The van der Waals surface area contributed by atoms with Gasteiger partial charge in [0.05, 0.1) is 11.8 Å². The van der Waals surface area contributed by atoms with E-state index in [0.29, 0.717) is 0 Å². The van der Waals surface area contributed by atoms with Gasteiger partial charge >= 0.3 is 0 Å². The fourth-order valence-corrected chi connectivity index (χ4v) is 4.61. The number of hydrogen-bond donors (Lipinski definition) is 0. The van der Waals surface area contributed by atoms with E-state index in [1.54, 1.807) is 0 Å². The molecule has 3 aliphatic rings.